The van der Waals surface area contributed by atoms with Crippen molar-refractivity contribution >= 4 is 21.6 Å². The minimum atomic E-state index is 0.405. The number of nitrogens with one attached hydrogen (secondary N) is 1. The summed E-state index contributed by atoms with van der Waals surface area (Å²) in [5.74, 6) is 0.891. The van der Waals surface area contributed by atoms with Gasteiger partial charge in [-0.3, -0.25) is 0 Å². The highest BCUT2D eigenvalue weighted by Gasteiger charge is 2.59. The molecule has 1 aromatic rings. The van der Waals surface area contributed by atoms with Crippen LogP contribution in [0.2, 0.25) is 0 Å². The van der Waals surface area contributed by atoms with Gasteiger partial charge in [-0.05, 0) is 60.6 Å². The third-order valence-corrected chi connectivity index (χ3v) is 6.26. The lowest BCUT2D eigenvalue weighted by Crippen LogP contribution is -2.45. The van der Waals surface area contributed by atoms with Crippen molar-refractivity contribution in [3.05, 3.63) is 28.2 Å². The molecule has 3 atom stereocenters. The van der Waals surface area contributed by atoms with Crippen molar-refractivity contribution in [2.24, 2.45) is 16.7 Å². The third kappa shape index (κ3) is 2.03. The Morgan fingerprint density at radius 1 is 1.26 bits per heavy atom. The first-order valence-electron chi connectivity index (χ1n) is 7.36. The smallest absolute Gasteiger partial charge is 0.0383 e. The average Bonchev–Trinajstić information content (AvgIpc) is 2.80. The lowest BCUT2D eigenvalue weighted by Gasteiger charge is -2.44. The summed E-state index contributed by atoms with van der Waals surface area (Å²) in [5.41, 5.74) is 3.51. The molecule has 19 heavy (non-hydrogen) atoms. The van der Waals surface area contributed by atoms with Crippen LogP contribution in [0, 0.1) is 23.7 Å². The van der Waals surface area contributed by atoms with Gasteiger partial charge < -0.3 is 5.32 Å². The van der Waals surface area contributed by atoms with Gasteiger partial charge in [0, 0.05) is 16.2 Å². The van der Waals surface area contributed by atoms with Gasteiger partial charge in [-0.15, -0.1) is 0 Å². The highest BCUT2D eigenvalue weighted by Crippen LogP contribution is 2.63. The molecule has 104 valence electrons. The maximum absolute atomic E-state index is 3.88. The second-order valence-electron chi connectivity index (χ2n) is 7.45. The molecule has 0 aromatic heterocycles. The molecule has 1 nitrogen and oxygen atoms in total. The van der Waals surface area contributed by atoms with Gasteiger partial charge in [0.2, 0.25) is 0 Å². The van der Waals surface area contributed by atoms with Crippen LogP contribution in [0.15, 0.2) is 22.7 Å². The Hall–Kier alpha value is -0.500. The molecule has 2 aliphatic carbocycles. The third-order valence-electron chi connectivity index (χ3n) is 5.77. The molecule has 3 unspecified atom stereocenters. The van der Waals surface area contributed by atoms with Crippen molar-refractivity contribution in [1.82, 2.24) is 0 Å². The van der Waals surface area contributed by atoms with E-state index < -0.39 is 0 Å². The monoisotopic (exact) mass is 321 g/mol. The quantitative estimate of drug-likeness (QED) is 0.770. The second kappa shape index (κ2) is 4.25. The number of hydrogen-bond donors (Lipinski definition) is 1. The van der Waals surface area contributed by atoms with Crippen molar-refractivity contribution < 1.29 is 0 Å². The van der Waals surface area contributed by atoms with E-state index in [2.05, 4.69) is 67.1 Å². The number of aryl methyl sites for hydroxylation is 1. The Bertz CT molecular complexity index is 503. The fourth-order valence-electron chi connectivity index (χ4n) is 4.57. The molecule has 3 rings (SSSR count). The normalized spacial score (nSPS) is 35.6. The fourth-order valence-corrected chi connectivity index (χ4v) is 4.93. The molecule has 2 aliphatic rings. The minimum Gasteiger partial charge on any atom is -0.381 e. The predicted octanol–water partition coefficient (Wildman–Crippen LogP) is 5.38. The summed E-state index contributed by atoms with van der Waals surface area (Å²) in [6.45, 7) is 9.57. The maximum Gasteiger partial charge on any atom is 0.0383 e. The predicted molar refractivity (Wildman–Crippen MR) is 85.5 cm³/mol. The van der Waals surface area contributed by atoms with Crippen LogP contribution in [0.1, 0.15) is 45.6 Å². The number of anilines is 1. The number of fused-ring (bicyclic) bond motifs is 2. The molecule has 0 saturated heterocycles. The molecule has 1 N–H and O–H groups in total. The number of rotatable bonds is 2. The fraction of sp³-hybridized carbons (Fsp3) is 0.647. The Morgan fingerprint density at radius 2 is 2.00 bits per heavy atom. The lowest BCUT2D eigenvalue weighted by atomic mass is 9.68. The summed E-state index contributed by atoms with van der Waals surface area (Å²) in [5, 5.41) is 3.88. The van der Waals surface area contributed by atoms with Gasteiger partial charge in [-0.25, -0.2) is 0 Å². The van der Waals surface area contributed by atoms with Crippen LogP contribution in [-0.2, 0) is 0 Å². The molecular weight excluding hydrogens is 298 g/mol. The van der Waals surface area contributed by atoms with E-state index in [-0.39, 0.29) is 0 Å². The van der Waals surface area contributed by atoms with Crippen molar-refractivity contribution in [1.29, 1.82) is 0 Å². The first kappa shape index (κ1) is 13.5. The van der Waals surface area contributed by atoms with Gasteiger partial charge in [-0.1, -0.05) is 42.8 Å². The van der Waals surface area contributed by atoms with E-state index in [0.29, 0.717) is 16.9 Å². The number of halogens is 1. The molecular formula is C17H24BrN. The van der Waals surface area contributed by atoms with Crippen LogP contribution in [0.3, 0.4) is 0 Å². The van der Waals surface area contributed by atoms with Crippen LogP contribution >= 0.6 is 15.9 Å². The van der Waals surface area contributed by atoms with Crippen molar-refractivity contribution in [2.45, 2.75) is 53.0 Å². The molecule has 2 fully saturated rings. The SMILES string of the molecule is Cc1ccc(Br)cc1NC1C2(C)CCC(C2)C1(C)C. The Labute approximate surface area is 125 Å². The maximum atomic E-state index is 3.88. The van der Waals surface area contributed by atoms with Crippen LogP contribution < -0.4 is 5.32 Å². The molecule has 2 bridgehead atoms. The molecule has 0 amide bonds. The molecule has 0 heterocycles. The summed E-state index contributed by atoms with van der Waals surface area (Å²) < 4.78 is 1.16. The summed E-state index contributed by atoms with van der Waals surface area (Å²) in [6.07, 6.45) is 4.19. The van der Waals surface area contributed by atoms with E-state index >= 15 is 0 Å². The van der Waals surface area contributed by atoms with E-state index in [0.717, 1.165) is 10.4 Å². The summed E-state index contributed by atoms with van der Waals surface area (Å²) in [4.78, 5) is 0. The summed E-state index contributed by atoms with van der Waals surface area (Å²) in [7, 11) is 0. The van der Waals surface area contributed by atoms with Crippen LogP contribution in [0.4, 0.5) is 5.69 Å². The van der Waals surface area contributed by atoms with E-state index in [1.165, 1.54) is 30.5 Å². The molecule has 0 aliphatic heterocycles. The summed E-state index contributed by atoms with van der Waals surface area (Å²) in [6, 6.07) is 7.12. The largest absolute Gasteiger partial charge is 0.381 e. The van der Waals surface area contributed by atoms with Crippen LogP contribution in [-0.4, -0.2) is 6.04 Å². The first-order valence-corrected chi connectivity index (χ1v) is 8.15. The second-order valence-corrected chi connectivity index (χ2v) is 8.37. The van der Waals surface area contributed by atoms with Crippen molar-refractivity contribution in [2.75, 3.05) is 5.32 Å². The van der Waals surface area contributed by atoms with Crippen LogP contribution in [0.5, 0.6) is 0 Å². The minimum absolute atomic E-state index is 0.405. The topological polar surface area (TPSA) is 12.0 Å². The number of benzene rings is 1. The molecule has 0 radical (unpaired) electrons. The Balaban J connectivity index is 1.92. The Kier molecular flexibility index (Phi) is 3.01. The zero-order chi connectivity index (χ0) is 13.8. The van der Waals surface area contributed by atoms with Crippen molar-refractivity contribution in [3.63, 3.8) is 0 Å². The van der Waals surface area contributed by atoms with E-state index in [4.69, 9.17) is 0 Å². The molecule has 2 heteroatoms. The van der Waals surface area contributed by atoms with Gasteiger partial charge in [0.05, 0.1) is 0 Å². The van der Waals surface area contributed by atoms with Gasteiger partial charge in [-0.2, -0.15) is 0 Å². The highest BCUT2D eigenvalue weighted by molar-refractivity contribution is 9.10. The number of hydrogen-bond acceptors (Lipinski definition) is 1. The standard InChI is InChI=1S/C17H24BrN/c1-11-5-6-13(18)9-14(11)19-15-16(2,3)12-7-8-17(15,4)10-12/h5-6,9,12,15,19H,7-8,10H2,1-4H3. The molecule has 0 spiro atoms. The van der Waals surface area contributed by atoms with Gasteiger partial charge in [0.1, 0.15) is 0 Å². The summed E-state index contributed by atoms with van der Waals surface area (Å²) >= 11 is 3.59. The van der Waals surface area contributed by atoms with Crippen LogP contribution in [0.25, 0.3) is 0 Å². The molecule has 2 saturated carbocycles. The van der Waals surface area contributed by atoms with Crippen molar-refractivity contribution in [3.8, 4) is 0 Å². The van der Waals surface area contributed by atoms with Gasteiger partial charge in [0.25, 0.3) is 0 Å². The van der Waals surface area contributed by atoms with E-state index in [1.54, 1.807) is 0 Å². The highest BCUT2D eigenvalue weighted by atomic mass is 79.9. The average molecular weight is 322 g/mol. The molecule has 1 aromatic carbocycles. The zero-order valence-electron chi connectivity index (χ0n) is 12.4. The lowest BCUT2D eigenvalue weighted by molar-refractivity contribution is 0.155. The first-order chi connectivity index (χ1) is 8.83. The zero-order valence-corrected chi connectivity index (χ0v) is 14.0. The van der Waals surface area contributed by atoms with E-state index in [9.17, 15) is 0 Å². The van der Waals surface area contributed by atoms with E-state index in [1.807, 2.05) is 0 Å². The van der Waals surface area contributed by atoms with Gasteiger partial charge >= 0.3 is 0 Å². The Morgan fingerprint density at radius 3 is 2.63 bits per heavy atom. The van der Waals surface area contributed by atoms with Gasteiger partial charge in [0.15, 0.2) is 0 Å².